The van der Waals surface area contributed by atoms with Crippen molar-refractivity contribution in [2.24, 2.45) is 23.7 Å². The van der Waals surface area contributed by atoms with E-state index in [-0.39, 0.29) is 17.7 Å². The molecule has 0 heterocycles. The van der Waals surface area contributed by atoms with E-state index in [0.717, 1.165) is 46.8 Å². The zero-order valence-corrected chi connectivity index (χ0v) is 19.6. The predicted molar refractivity (Wildman–Crippen MR) is 125 cm³/mol. The molecule has 3 rings (SSSR count). The minimum absolute atomic E-state index is 0.0227. The number of aryl methyl sites for hydroxylation is 1. The van der Waals surface area contributed by atoms with Crippen molar-refractivity contribution in [2.45, 2.75) is 52.4 Å². The number of esters is 1. The molecule has 2 aliphatic carbocycles. The second-order valence-corrected chi connectivity index (χ2v) is 9.43. The fourth-order valence-electron chi connectivity index (χ4n) is 4.74. The SMILES string of the molecule is CCOC(=O)C(Cc1c(C)cccc1I)C(=O)[C@H]1CC[C@H](C2C=CC=CC2)CC1. The van der Waals surface area contributed by atoms with Crippen molar-refractivity contribution in [1.29, 1.82) is 0 Å². The Morgan fingerprint density at radius 3 is 2.55 bits per heavy atom. The predicted octanol–water partition coefficient (Wildman–Crippen LogP) is 5.83. The zero-order chi connectivity index (χ0) is 20.8. The fourth-order valence-corrected chi connectivity index (χ4v) is 5.59. The van der Waals surface area contributed by atoms with Gasteiger partial charge in [-0.15, -0.1) is 0 Å². The van der Waals surface area contributed by atoms with Crippen LogP contribution in [0.15, 0.2) is 42.5 Å². The number of halogens is 1. The largest absolute Gasteiger partial charge is 0.465 e. The number of carbonyl (C=O) groups excluding carboxylic acids is 2. The maximum absolute atomic E-state index is 13.4. The number of benzene rings is 1. The molecule has 0 spiro atoms. The number of rotatable bonds is 7. The van der Waals surface area contributed by atoms with Gasteiger partial charge in [0.2, 0.25) is 0 Å². The topological polar surface area (TPSA) is 43.4 Å². The summed E-state index contributed by atoms with van der Waals surface area (Å²) in [5.74, 6) is 0.261. The number of ether oxygens (including phenoxy) is 1. The molecule has 1 fully saturated rings. The Labute approximate surface area is 188 Å². The average molecular weight is 506 g/mol. The van der Waals surface area contributed by atoms with Gasteiger partial charge in [-0.3, -0.25) is 9.59 Å². The lowest BCUT2D eigenvalue weighted by atomic mass is 9.71. The number of carbonyl (C=O) groups is 2. The summed E-state index contributed by atoms with van der Waals surface area (Å²) in [6, 6.07) is 6.09. The molecular formula is C25H31IO3. The molecule has 0 amide bonds. The first-order valence-electron chi connectivity index (χ1n) is 10.8. The highest BCUT2D eigenvalue weighted by atomic mass is 127. The van der Waals surface area contributed by atoms with Gasteiger partial charge < -0.3 is 4.74 Å². The quantitative estimate of drug-likeness (QED) is 0.266. The van der Waals surface area contributed by atoms with Crippen molar-refractivity contribution in [3.05, 3.63) is 57.2 Å². The van der Waals surface area contributed by atoms with Gasteiger partial charge in [-0.2, -0.15) is 0 Å². The van der Waals surface area contributed by atoms with Crippen LogP contribution < -0.4 is 0 Å². The van der Waals surface area contributed by atoms with Crippen molar-refractivity contribution in [1.82, 2.24) is 0 Å². The molecule has 3 nitrogen and oxygen atoms in total. The minimum atomic E-state index is -0.691. The van der Waals surface area contributed by atoms with Crippen molar-refractivity contribution in [3.63, 3.8) is 0 Å². The Morgan fingerprint density at radius 2 is 1.93 bits per heavy atom. The third-order valence-corrected chi connectivity index (χ3v) is 7.48. The van der Waals surface area contributed by atoms with Crippen LogP contribution in [0.3, 0.4) is 0 Å². The Balaban J connectivity index is 1.69. The molecule has 0 aliphatic heterocycles. The van der Waals surface area contributed by atoms with Crippen molar-refractivity contribution in [3.8, 4) is 0 Å². The maximum atomic E-state index is 13.4. The van der Waals surface area contributed by atoms with Crippen LogP contribution in [-0.2, 0) is 20.7 Å². The second kappa shape index (κ2) is 10.6. The van der Waals surface area contributed by atoms with Gasteiger partial charge in [-0.05, 0) is 104 Å². The lowest BCUT2D eigenvalue weighted by Gasteiger charge is -2.33. The van der Waals surface area contributed by atoms with Crippen LogP contribution in [-0.4, -0.2) is 18.4 Å². The first kappa shape index (κ1) is 22.3. The summed E-state index contributed by atoms with van der Waals surface area (Å²) in [6.07, 6.45) is 14.3. The Kier molecular flexibility index (Phi) is 8.10. The van der Waals surface area contributed by atoms with Crippen LogP contribution in [0.4, 0.5) is 0 Å². The Bertz CT molecular complexity index is 767. The average Bonchev–Trinajstić information content (AvgIpc) is 2.74. The first-order valence-corrected chi connectivity index (χ1v) is 11.9. The van der Waals surface area contributed by atoms with Crippen LogP contribution >= 0.6 is 22.6 Å². The Morgan fingerprint density at radius 1 is 1.17 bits per heavy atom. The molecule has 2 unspecified atom stereocenters. The molecule has 1 aromatic carbocycles. The van der Waals surface area contributed by atoms with Gasteiger partial charge in [-0.25, -0.2) is 0 Å². The minimum Gasteiger partial charge on any atom is -0.465 e. The van der Waals surface area contributed by atoms with E-state index < -0.39 is 5.92 Å². The van der Waals surface area contributed by atoms with E-state index >= 15 is 0 Å². The van der Waals surface area contributed by atoms with Gasteiger partial charge in [-0.1, -0.05) is 36.4 Å². The Hall–Kier alpha value is -1.43. The maximum Gasteiger partial charge on any atom is 0.316 e. The van der Waals surface area contributed by atoms with Crippen LogP contribution in [0, 0.1) is 34.2 Å². The van der Waals surface area contributed by atoms with E-state index in [1.807, 2.05) is 25.1 Å². The number of ketones is 1. The summed E-state index contributed by atoms with van der Waals surface area (Å²) < 4.78 is 6.41. The van der Waals surface area contributed by atoms with E-state index in [1.54, 1.807) is 6.92 Å². The molecule has 156 valence electrons. The molecule has 2 atom stereocenters. The molecule has 0 N–H and O–H groups in total. The smallest absolute Gasteiger partial charge is 0.316 e. The van der Waals surface area contributed by atoms with Crippen LogP contribution in [0.5, 0.6) is 0 Å². The normalized spacial score (nSPS) is 24.9. The van der Waals surface area contributed by atoms with E-state index in [0.29, 0.717) is 24.9 Å². The molecule has 29 heavy (non-hydrogen) atoms. The highest BCUT2D eigenvalue weighted by Crippen LogP contribution is 2.38. The van der Waals surface area contributed by atoms with Crippen molar-refractivity contribution >= 4 is 34.3 Å². The molecule has 4 heteroatoms. The van der Waals surface area contributed by atoms with E-state index in [2.05, 4.69) is 46.9 Å². The van der Waals surface area contributed by atoms with Crippen LogP contribution in [0.2, 0.25) is 0 Å². The highest BCUT2D eigenvalue weighted by Gasteiger charge is 2.37. The highest BCUT2D eigenvalue weighted by molar-refractivity contribution is 14.1. The molecule has 2 aliphatic rings. The van der Waals surface area contributed by atoms with E-state index in [4.69, 9.17) is 4.74 Å². The summed E-state index contributed by atoms with van der Waals surface area (Å²) in [7, 11) is 0. The van der Waals surface area contributed by atoms with Crippen LogP contribution in [0.1, 0.15) is 50.2 Å². The molecule has 1 aromatic rings. The van der Waals surface area contributed by atoms with E-state index in [9.17, 15) is 9.59 Å². The van der Waals surface area contributed by atoms with Gasteiger partial charge in [0.15, 0.2) is 5.78 Å². The number of allylic oxidation sites excluding steroid dienone is 4. The number of Topliss-reactive ketones (excluding diaryl/α,β-unsaturated/α-hetero) is 1. The standard InChI is InChI=1S/C25H31IO3/c1-3-29-25(28)22(16-21-17(2)8-7-11-23(21)26)24(27)20-14-12-19(13-15-20)18-9-5-4-6-10-18/h4-9,11,18-20,22H,3,10,12-16H2,1-2H3/t18?,19-,20-,22?. The summed E-state index contributed by atoms with van der Waals surface area (Å²) in [6.45, 7) is 4.15. The summed E-state index contributed by atoms with van der Waals surface area (Å²) in [5.41, 5.74) is 2.21. The van der Waals surface area contributed by atoms with Crippen molar-refractivity contribution in [2.75, 3.05) is 6.61 Å². The monoisotopic (exact) mass is 506 g/mol. The third-order valence-electron chi connectivity index (χ3n) is 6.47. The first-order chi connectivity index (χ1) is 14.0. The van der Waals surface area contributed by atoms with Gasteiger partial charge >= 0.3 is 5.97 Å². The molecule has 0 saturated heterocycles. The van der Waals surface area contributed by atoms with Gasteiger partial charge in [0.05, 0.1) is 6.61 Å². The number of hydrogen-bond donors (Lipinski definition) is 0. The third kappa shape index (κ3) is 5.59. The molecule has 0 bridgehead atoms. The summed E-state index contributed by atoms with van der Waals surface area (Å²) >= 11 is 2.29. The number of hydrogen-bond acceptors (Lipinski definition) is 3. The van der Waals surface area contributed by atoms with Crippen molar-refractivity contribution < 1.29 is 14.3 Å². The molecule has 0 radical (unpaired) electrons. The molecule has 0 aromatic heterocycles. The van der Waals surface area contributed by atoms with Gasteiger partial charge in [0, 0.05) is 9.49 Å². The van der Waals surface area contributed by atoms with Gasteiger partial charge in [0.1, 0.15) is 5.92 Å². The summed E-state index contributed by atoms with van der Waals surface area (Å²) in [5, 5.41) is 0. The lowest BCUT2D eigenvalue weighted by molar-refractivity contribution is -0.153. The van der Waals surface area contributed by atoms with E-state index in [1.165, 1.54) is 0 Å². The van der Waals surface area contributed by atoms with Crippen LogP contribution in [0.25, 0.3) is 0 Å². The molecular weight excluding hydrogens is 475 g/mol. The fraction of sp³-hybridized carbons (Fsp3) is 0.520. The lowest BCUT2D eigenvalue weighted by Crippen LogP contribution is -2.35. The molecule has 1 saturated carbocycles. The summed E-state index contributed by atoms with van der Waals surface area (Å²) in [4.78, 5) is 26.1. The zero-order valence-electron chi connectivity index (χ0n) is 17.4. The second-order valence-electron chi connectivity index (χ2n) is 8.27. The van der Waals surface area contributed by atoms with Gasteiger partial charge in [0.25, 0.3) is 0 Å².